The molecule has 0 aliphatic heterocycles. The molecular weight excluding hydrogens is 400 g/mol. The van der Waals surface area contributed by atoms with Crippen molar-refractivity contribution in [3.05, 3.63) is 89.3 Å². The van der Waals surface area contributed by atoms with Gasteiger partial charge in [-0.2, -0.15) is 0 Å². The number of carbonyl (C=O) groups excluding carboxylic acids is 1. The number of fused-ring (bicyclic) bond motifs is 1. The molecule has 31 heavy (non-hydrogen) atoms. The van der Waals surface area contributed by atoms with E-state index in [1.807, 2.05) is 31.5 Å². The van der Waals surface area contributed by atoms with Crippen LogP contribution in [0.5, 0.6) is 0 Å². The second-order valence-corrected chi connectivity index (χ2v) is 9.45. The van der Waals surface area contributed by atoms with E-state index in [1.165, 1.54) is 22.7 Å². The van der Waals surface area contributed by atoms with E-state index in [0.29, 0.717) is 6.04 Å². The van der Waals surface area contributed by atoms with Crippen molar-refractivity contribution in [2.24, 2.45) is 5.41 Å². The average Bonchev–Trinajstić information content (AvgIpc) is 3.11. The van der Waals surface area contributed by atoms with Crippen molar-refractivity contribution in [2.45, 2.75) is 53.5 Å². The third kappa shape index (κ3) is 5.56. The molecule has 2 aromatic rings. The van der Waals surface area contributed by atoms with Crippen molar-refractivity contribution in [1.82, 2.24) is 9.55 Å². The summed E-state index contributed by atoms with van der Waals surface area (Å²) in [4.78, 5) is 15.6. The van der Waals surface area contributed by atoms with Crippen molar-refractivity contribution in [1.29, 1.82) is 0 Å². The Morgan fingerprint density at radius 3 is 2.68 bits per heavy atom. The summed E-state index contributed by atoms with van der Waals surface area (Å²) < 4.78 is 2.33. The van der Waals surface area contributed by atoms with Crippen molar-refractivity contribution < 1.29 is 4.79 Å². The van der Waals surface area contributed by atoms with E-state index in [4.69, 9.17) is 0 Å². The van der Waals surface area contributed by atoms with Gasteiger partial charge in [-0.05, 0) is 74.0 Å². The van der Waals surface area contributed by atoms with Crippen molar-refractivity contribution in [3.63, 3.8) is 0 Å². The maximum Gasteiger partial charge on any atom is 0.209 e. The number of para-hydroxylation sites is 2. The lowest BCUT2D eigenvalue weighted by molar-refractivity contribution is -0.106. The van der Waals surface area contributed by atoms with Gasteiger partial charge < -0.3 is 4.57 Å². The minimum atomic E-state index is -0.232. The number of benzene rings is 1. The van der Waals surface area contributed by atoms with Crippen LogP contribution < -0.4 is 0 Å². The Balaban J connectivity index is 1.88. The number of thiol groups is 1. The van der Waals surface area contributed by atoms with Crippen LogP contribution >= 0.6 is 12.6 Å². The molecule has 1 atom stereocenters. The van der Waals surface area contributed by atoms with Gasteiger partial charge in [0.1, 0.15) is 0 Å². The van der Waals surface area contributed by atoms with Gasteiger partial charge in [0.2, 0.25) is 5.12 Å². The van der Waals surface area contributed by atoms with E-state index < -0.39 is 0 Å². The van der Waals surface area contributed by atoms with Gasteiger partial charge in [-0.1, -0.05) is 61.9 Å². The average molecular weight is 433 g/mol. The van der Waals surface area contributed by atoms with Crippen LogP contribution in [0.3, 0.4) is 0 Å². The summed E-state index contributed by atoms with van der Waals surface area (Å²) in [6.45, 7) is 10.9. The first kappa shape index (κ1) is 23.1. The Kier molecular flexibility index (Phi) is 7.22. The normalized spacial score (nSPS) is 20.4. The third-order valence-corrected chi connectivity index (χ3v) is 6.22. The molecule has 1 aliphatic rings. The molecule has 1 heterocycles. The first-order valence-electron chi connectivity index (χ1n) is 10.8. The predicted octanol–water partition coefficient (Wildman–Crippen LogP) is 7.18. The lowest BCUT2D eigenvalue weighted by Gasteiger charge is -2.38. The molecule has 3 nitrogen and oxygen atoms in total. The van der Waals surface area contributed by atoms with Crippen LogP contribution in [0.2, 0.25) is 0 Å². The first-order valence-corrected chi connectivity index (χ1v) is 11.2. The standard InChI is InChI=1S/C27H32N2OS/c1-19(9-8-10-20(2)17-26(30)31)13-14-22-21(3)24(15-16-27(22,4)5)29-18-28-23-11-6-7-12-25(23)29/h6-14,17-18,24H,15-16H2,1-5H3,(H,30,31). The van der Waals surface area contributed by atoms with Crippen LogP contribution in [-0.4, -0.2) is 14.7 Å². The number of rotatable bonds is 6. The third-order valence-electron chi connectivity index (χ3n) is 6.10. The number of hydrogen-bond donors (Lipinski definition) is 1. The zero-order chi connectivity index (χ0) is 22.6. The summed E-state index contributed by atoms with van der Waals surface area (Å²) >= 11 is 3.78. The van der Waals surface area contributed by atoms with Crippen LogP contribution in [0.1, 0.15) is 53.5 Å². The number of carbonyl (C=O) groups is 1. The molecule has 1 aromatic heterocycles. The highest BCUT2D eigenvalue weighted by atomic mass is 32.1. The van der Waals surface area contributed by atoms with Gasteiger partial charge >= 0.3 is 0 Å². The molecule has 1 aromatic carbocycles. The number of aromatic nitrogens is 2. The molecule has 1 unspecified atom stereocenters. The molecule has 0 saturated carbocycles. The summed E-state index contributed by atoms with van der Waals surface area (Å²) in [6, 6.07) is 8.68. The summed E-state index contributed by atoms with van der Waals surface area (Å²) in [5.74, 6) is 0. The molecule has 0 spiro atoms. The molecule has 0 radical (unpaired) electrons. The van der Waals surface area contributed by atoms with Crippen LogP contribution in [0.15, 0.2) is 89.3 Å². The number of allylic oxidation sites excluding steroid dienone is 9. The Labute approximate surface area is 191 Å². The number of imidazole rings is 1. The Bertz CT molecular complexity index is 1130. The zero-order valence-corrected chi connectivity index (χ0v) is 20.0. The SMILES string of the molecule is CC(C=CC1=C(C)C(n2cnc3ccccc32)CCC1(C)C)=CC=CC(C)=CC(=O)S. The van der Waals surface area contributed by atoms with Crippen molar-refractivity contribution >= 4 is 28.8 Å². The molecule has 0 bridgehead atoms. The minimum absolute atomic E-state index is 0.135. The summed E-state index contributed by atoms with van der Waals surface area (Å²) in [6.07, 6.45) is 16.1. The van der Waals surface area contributed by atoms with Crippen molar-refractivity contribution in [2.75, 3.05) is 0 Å². The topological polar surface area (TPSA) is 34.9 Å². The highest BCUT2D eigenvalue weighted by Gasteiger charge is 2.33. The second kappa shape index (κ2) is 9.69. The maximum absolute atomic E-state index is 11.0. The fourth-order valence-corrected chi connectivity index (χ4v) is 4.56. The van der Waals surface area contributed by atoms with E-state index in [2.05, 4.69) is 86.3 Å². The quantitative estimate of drug-likeness (QED) is 0.298. The molecule has 0 amide bonds. The number of hydrogen-bond acceptors (Lipinski definition) is 2. The molecule has 1 aliphatic carbocycles. The van der Waals surface area contributed by atoms with E-state index >= 15 is 0 Å². The van der Waals surface area contributed by atoms with E-state index in [1.54, 1.807) is 0 Å². The molecule has 0 saturated heterocycles. The zero-order valence-electron chi connectivity index (χ0n) is 19.1. The van der Waals surface area contributed by atoms with Crippen LogP contribution in [0.25, 0.3) is 11.0 Å². The van der Waals surface area contributed by atoms with E-state index in [0.717, 1.165) is 29.5 Å². The van der Waals surface area contributed by atoms with E-state index in [9.17, 15) is 4.79 Å². The Morgan fingerprint density at radius 2 is 1.94 bits per heavy atom. The fraction of sp³-hybridized carbons (Fsp3) is 0.333. The van der Waals surface area contributed by atoms with Crippen LogP contribution in [0, 0.1) is 5.41 Å². The molecule has 0 fully saturated rings. The smallest absolute Gasteiger partial charge is 0.209 e. The van der Waals surface area contributed by atoms with Gasteiger partial charge in [-0.3, -0.25) is 4.79 Å². The highest BCUT2D eigenvalue weighted by molar-refractivity contribution is 7.97. The van der Waals surface area contributed by atoms with Gasteiger partial charge in [0, 0.05) is 0 Å². The summed E-state index contributed by atoms with van der Waals surface area (Å²) in [5, 5.41) is -0.232. The van der Waals surface area contributed by atoms with Crippen LogP contribution in [0.4, 0.5) is 0 Å². The van der Waals surface area contributed by atoms with Gasteiger partial charge in [0.05, 0.1) is 23.4 Å². The second-order valence-electron chi connectivity index (χ2n) is 9.01. The van der Waals surface area contributed by atoms with Crippen molar-refractivity contribution in [3.8, 4) is 0 Å². The van der Waals surface area contributed by atoms with Gasteiger partial charge in [0.25, 0.3) is 0 Å². The largest absolute Gasteiger partial charge is 0.323 e. The predicted molar refractivity (Wildman–Crippen MR) is 134 cm³/mol. The molecule has 0 N–H and O–H groups in total. The van der Waals surface area contributed by atoms with Gasteiger partial charge in [-0.15, -0.1) is 12.6 Å². The first-order chi connectivity index (χ1) is 14.7. The Hall–Kier alpha value is -2.59. The molecule has 4 heteroatoms. The highest BCUT2D eigenvalue weighted by Crippen LogP contribution is 2.46. The summed E-state index contributed by atoms with van der Waals surface area (Å²) in [7, 11) is 0. The molecule has 3 rings (SSSR count). The maximum atomic E-state index is 11.0. The van der Waals surface area contributed by atoms with Gasteiger partial charge in [-0.25, -0.2) is 4.98 Å². The molecule has 162 valence electrons. The Morgan fingerprint density at radius 1 is 1.19 bits per heavy atom. The lowest BCUT2D eigenvalue weighted by atomic mass is 9.70. The fourth-order valence-electron chi connectivity index (χ4n) is 4.36. The monoisotopic (exact) mass is 432 g/mol. The van der Waals surface area contributed by atoms with E-state index in [-0.39, 0.29) is 10.5 Å². The minimum Gasteiger partial charge on any atom is -0.323 e. The van der Waals surface area contributed by atoms with Gasteiger partial charge in [0.15, 0.2) is 0 Å². The van der Waals surface area contributed by atoms with Crippen LogP contribution in [-0.2, 0) is 4.79 Å². The molecular formula is C27H32N2OS. The lowest BCUT2D eigenvalue weighted by Crippen LogP contribution is -2.26. The summed E-state index contributed by atoms with van der Waals surface area (Å²) in [5.41, 5.74) is 7.23. The number of nitrogens with zero attached hydrogens (tertiary/aromatic N) is 2.